The van der Waals surface area contributed by atoms with Gasteiger partial charge in [-0.05, 0) is 12.1 Å². The van der Waals surface area contributed by atoms with Crippen LogP contribution in [-0.4, -0.2) is 10.9 Å². The van der Waals surface area contributed by atoms with Crippen molar-refractivity contribution in [3.05, 3.63) is 68.5 Å². The molecule has 0 amide bonds. The topological polar surface area (TPSA) is 69.4 Å². The minimum Gasteiger partial charge on any atom is -0.415 e. The lowest BCUT2D eigenvalue weighted by atomic mass is 10.2. The number of carbonyl (C=O) groups excluding carboxylic acids is 1. The van der Waals surface area contributed by atoms with Gasteiger partial charge in [0.1, 0.15) is 4.88 Å². The summed E-state index contributed by atoms with van der Waals surface area (Å²) in [6.45, 7) is 0. The molecule has 5 nitrogen and oxygen atoms in total. The van der Waals surface area contributed by atoms with Crippen LogP contribution >= 0.6 is 22.9 Å². The van der Waals surface area contributed by atoms with Crippen LogP contribution in [0.3, 0.4) is 0 Å². The number of para-hydroxylation sites is 2. The fraction of sp³-hybridized carbons (Fsp3) is 0. The van der Waals surface area contributed by atoms with E-state index in [1.165, 1.54) is 29.5 Å². The normalized spacial score (nSPS) is 10.6. The van der Waals surface area contributed by atoms with Crippen LogP contribution in [0.2, 0.25) is 5.02 Å². The highest BCUT2D eigenvalue weighted by Gasteiger charge is 2.22. The van der Waals surface area contributed by atoms with Gasteiger partial charge < -0.3 is 4.74 Å². The van der Waals surface area contributed by atoms with Crippen molar-refractivity contribution >= 4 is 44.7 Å². The largest absolute Gasteiger partial charge is 0.415 e. The zero-order chi connectivity index (χ0) is 15.7. The maximum atomic E-state index is 12.3. The summed E-state index contributed by atoms with van der Waals surface area (Å²) in [5.74, 6) is -0.813. The SMILES string of the molecule is O=C(Oc1ccccc1[N+](=O)[O-])c1sc2ccccc2c1Cl. The molecule has 0 fully saturated rings. The Bertz CT molecular complexity index is 890. The number of carbonyl (C=O) groups is 1. The van der Waals surface area contributed by atoms with Crippen LogP contribution in [0.25, 0.3) is 10.1 Å². The van der Waals surface area contributed by atoms with E-state index in [1.54, 1.807) is 12.1 Å². The van der Waals surface area contributed by atoms with Crippen LogP contribution in [0.1, 0.15) is 9.67 Å². The molecule has 0 aliphatic rings. The number of esters is 1. The number of thiophene rings is 1. The van der Waals surface area contributed by atoms with Crippen LogP contribution in [0.4, 0.5) is 5.69 Å². The Kier molecular flexibility index (Phi) is 3.79. The number of halogens is 1. The molecule has 7 heteroatoms. The van der Waals surface area contributed by atoms with Gasteiger partial charge in [-0.3, -0.25) is 10.1 Å². The summed E-state index contributed by atoms with van der Waals surface area (Å²) in [5, 5.41) is 12.0. The first-order valence-corrected chi connectivity index (χ1v) is 7.40. The fourth-order valence-corrected chi connectivity index (χ4v) is 3.37. The molecular weight excluding hydrogens is 326 g/mol. The van der Waals surface area contributed by atoms with Crippen molar-refractivity contribution in [3.63, 3.8) is 0 Å². The van der Waals surface area contributed by atoms with Gasteiger partial charge in [-0.2, -0.15) is 0 Å². The maximum absolute atomic E-state index is 12.3. The Hall–Kier alpha value is -2.44. The van der Waals surface area contributed by atoms with E-state index >= 15 is 0 Å². The summed E-state index contributed by atoms with van der Waals surface area (Å²) in [4.78, 5) is 22.8. The first-order valence-electron chi connectivity index (χ1n) is 6.20. The quantitative estimate of drug-likeness (QED) is 0.302. The minimum atomic E-state index is -0.708. The zero-order valence-corrected chi connectivity index (χ0v) is 12.6. The molecule has 22 heavy (non-hydrogen) atoms. The van der Waals surface area contributed by atoms with Crippen molar-refractivity contribution in [2.24, 2.45) is 0 Å². The second kappa shape index (κ2) is 5.75. The number of nitro groups is 1. The molecule has 1 aromatic heterocycles. The monoisotopic (exact) mass is 333 g/mol. The van der Waals surface area contributed by atoms with Crippen molar-refractivity contribution in [2.45, 2.75) is 0 Å². The average Bonchev–Trinajstić information content (AvgIpc) is 2.85. The number of nitrogens with zero attached hydrogens (tertiary/aromatic N) is 1. The van der Waals surface area contributed by atoms with Crippen LogP contribution < -0.4 is 4.74 Å². The van der Waals surface area contributed by atoms with Gasteiger partial charge >= 0.3 is 11.7 Å². The molecule has 0 atom stereocenters. The van der Waals surface area contributed by atoms with Gasteiger partial charge in [-0.25, -0.2) is 4.79 Å². The van der Waals surface area contributed by atoms with Crippen molar-refractivity contribution < 1.29 is 14.5 Å². The summed E-state index contributed by atoms with van der Waals surface area (Å²) < 4.78 is 6.00. The number of hydrogen-bond acceptors (Lipinski definition) is 5. The molecule has 0 aliphatic heterocycles. The standard InChI is InChI=1S/C15H8ClNO4S/c16-13-9-5-1-4-8-12(9)22-14(13)15(18)21-11-7-3-2-6-10(11)17(19)20/h1-8H. The van der Waals surface area contributed by atoms with Crippen molar-refractivity contribution in [2.75, 3.05) is 0 Å². The summed E-state index contributed by atoms with van der Waals surface area (Å²) >= 11 is 7.39. The second-order valence-corrected chi connectivity index (χ2v) is 5.79. The molecule has 2 aromatic carbocycles. The minimum absolute atomic E-state index is 0.106. The third-order valence-electron chi connectivity index (χ3n) is 2.98. The van der Waals surface area contributed by atoms with Crippen LogP contribution in [0, 0.1) is 10.1 Å². The van der Waals surface area contributed by atoms with E-state index in [0.717, 1.165) is 10.1 Å². The molecule has 1 heterocycles. The molecule has 0 unspecified atom stereocenters. The summed E-state index contributed by atoms with van der Waals surface area (Å²) in [6.07, 6.45) is 0. The van der Waals surface area contributed by atoms with E-state index < -0.39 is 10.9 Å². The summed E-state index contributed by atoms with van der Waals surface area (Å²) in [7, 11) is 0. The number of benzene rings is 2. The fourth-order valence-electron chi connectivity index (χ4n) is 1.99. The van der Waals surface area contributed by atoms with E-state index in [2.05, 4.69) is 0 Å². The third-order valence-corrected chi connectivity index (χ3v) is 4.64. The van der Waals surface area contributed by atoms with Gasteiger partial charge in [0.15, 0.2) is 0 Å². The van der Waals surface area contributed by atoms with Gasteiger partial charge in [0, 0.05) is 16.2 Å². The lowest BCUT2D eigenvalue weighted by Gasteiger charge is -2.03. The molecule has 3 rings (SSSR count). The average molecular weight is 334 g/mol. The van der Waals surface area contributed by atoms with E-state index in [-0.39, 0.29) is 16.3 Å². The van der Waals surface area contributed by atoms with Gasteiger partial charge in [-0.15, -0.1) is 11.3 Å². The Labute approximate surface area is 133 Å². The Morgan fingerprint density at radius 2 is 1.82 bits per heavy atom. The van der Waals surface area contributed by atoms with E-state index in [0.29, 0.717) is 5.02 Å². The number of rotatable bonds is 3. The van der Waals surface area contributed by atoms with E-state index in [9.17, 15) is 14.9 Å². The Morgan fingerprint density at radius 1 is 1.14 bits per heavy atom. The third kappa shape index (κ3) is 2.54. The van der Waals surface area contributed by atoms with E-state index in [1.807, 2.05) is 18.2 Å². The van der Waals surface area contributed by atoms with Gasteiger partial charge in [0.05, 0.1) is 9.95 Å². The number of ether oxygens (including phenoxy) is 1. The molecule has 110 valence electrons. The van der Waals surface area contributed by atoms with Crippen molar-refractivity contribution in [1.29, 1.82) is 0 Å². The maximum Gasteiger partial charge on any atom is 0.355 e. The first kappa shape index (κ1) is 14.5. The second-order valence-electron chi connectivity index (χ2n) is 4.36. The summed E-state index contributed by atoms with van der Waals surface area (Å²) in [6, 6.07) is 13.0. The number of hydrogen-bond donors (Lipinski definition) is 0. The Balaban J connectivity index is 1.98. The number of fused-ring (bicyclic) bond motifs is 1. The van der Waals surface area contributed by atoms with Gasteiger partial charge in [0.2, 0.25) is 5.75 Å². The van der Waals surface area contributed by atoms with Gasteiger partial charge in [0.25, 0.3) is 0 Å². The Morgan fingerprint density at radius 3 is 2.55 bits per heavy atom. The van der Waals surface area contributed by atoms with Crippen LogP contribution in [0.5, 0.6) is 5.75 Å². The summed E-state index contributed by atoms with van der Waals surface area (Å²) in [5.41, 5.74) is -0.270. The molecular formula is C15H8ClNO4S. The molecule has 0 aliphatic carbocycles. The molecule has 0 saturated carbocycles. The van der Waals surface area contributed by atoms with Crippen molar-refractivity contribution in [1.82, 2.24) is 0 Å². The van der Waals surface area contributed by atoms with Crippen LogP contribution in [-0.2, 0) is 0 Å². The number of nitro benzene ring substituents is 1. The predicted octanol–water partition coefficient (Wildman–Crippen LogP) is 4.68. The molecule has 0 N–H and O–H groups in total. The lowest BCUT2D eigenvalue weighted by Crippen LogP contribution is -2.08. The molecule has 0 spiro atoms. The lowest BCUT2D eigenvalue weighted by molar-refractivity contribution is -0.385. The molecule has 0 saturated heterocycles. The predicted molar refractivity (Wildman–Crippen MR) is 84.9 cm³/mol. The highest BCUT2D eigenvalue weighted by atomic mass is 35.5. The molecule has 0 radical (unpaired) electrons. The molecule has 0 bridgehead atoms. The smallest absolute Gasteiger partial charge is 0.355 e. The van der Waals surface area contributed by atoms with Crippen molar-refractivity contribution in [3.8, 4) is 5.75 Å². The highest BCUT2D eigenvalue weighted by Crippen LogP contribution is 2.36. The highest BCUT2D eigenvalue weighted by molar-refractivity contribution is 7.21. The first-order chi connectivity index (χ1) is 10.6. The van der Waals surface area contributed by atoms with Crippen LogP contribution in [0.15, 0.2) is 48.5 Å². The van der Waals surface area contributed by atoms with E-state index in [4.69, 9.17) is 16.3 Å². The molecule has 3 aromatic rings. The zero-order valence-electron chi connectivity index (χ0n) is 11.0. The van der Waals surface area contributed by atoms with Gasteiger partial charge in [-0.1, -0.05) is 41.9 Å².